The van der Waals surface area contributed by atoms with Gasteiger partial charge in [0.2, 0.25) is 0 Å². The molecule has 0 saturated heterocycles. The molecule has 0 radical (unpaired) electrons. The van der Waals surface area contributed by atoms with Crippen molar-refractivity contribution in [3.05, 3.63) is 68.7 Å². The Bertz CT molecular complexity index is 552. The maximum Gasteiger partial charge on any atom is 0.0451 e. The Balaban J connectivity index is 2.02. The van der Waals surface area contributed by atoms with E-state index in [4.69, 9.17) is 34.8 Å². The smallest absolute Gasteiger partial charge is 0.0451 e. The quantitative estimate of drug-likeness (QED) is 0.786. The second kappa shape index (κ2) is 6.62. The largest absolute Gasteiger partial charge is 0.306 e. The number of nitrogens with one attached hydrogen (secondary N) is 1. The Kier molecular flexibility index (Phi) is 5.12. The highest BCUT2D eigenvalue weighted by atomic mass is 35.5. The SMILES string of the molecule is C[C@@H](NCc1cc(Cl)ccc1Cl)c1ccc(Cl)cc1. The molecule has 0 aromatic heterocycles. The van der Waals surface area contributed by atoms with Crippen LogP contribution < -0.4 is 5.32 Å². The Hall–Kier alpha value is -0.730. The summed E-state index contributed by atoms with van der Waals surface area (Å²) in [4.78, 5) is 0. The molecule has 19 heavy (non-hydrogen) atoms. The lowest BCUT2D eigenvalue weighted by Crippen LogP contribution is -2.18. The lowest BCUT2D eigenvalue weighted by atomic mass is 10.1. The van der Waals surface area contributed by atoms with Gasteiger partial charge in [0.1, 0.15) is 0 Å². The van der Waals surface area contributed by atoms with Crippen LogP contribution in [0.5, 0.6) is 0 Å². The molecule has 1 nitrogen and oxygen atoms in total. The molecule has 0 spiro atoms. The van der Waals surface area contributed by atoms with Gasteiger partial charge in [-0.1, -0.05) is 46.9 Å². The molecule has 2 aromatic carbocycles. The van der Waals surface area contributed by atoms with Gasteiger partial charge in [0.15, 0.2) is 0 Å². The second-order valence-electron chi connectivity index (χ2n) is 4.39. The maximum absolute atomic E-state index is 6.13. The molecule has 0 fully saturated rings. The molecule has 2 aromatic rings. The van der Waals surface area contributed by atoms with Crippen molar-refractivity contribution in [3.8, 4) is 0 Å². The predicted octanol–water partition coefficient (Wildman–Crippen LogP) is 5.50. The second-order valence-corrected chi connectivity index (χ2v) is 5.67. The first-order chi connectivity index (χ1) is 9.06. The molecular formula is C15H14Cl3N. The number of halogens is 3. The average molecular weight is 315 g/mol. The van der Waals surface area contributed by atoms with Crippen molar-refractivity contribution in [3.63, 3.8) is 0 Å². The summed E-state index contributed by atoms with van der Waals surface area (Å²) in [5.41, 5.74) is 2.18. The van der Waals surface area contributed by atoms with Crippen LogP contribution in [0.2, 0.25) is 15.1 Å². The zero-order chi connectivity index (χ0) is 13.8. The van der Waals surface area contributed by atoms with Crippen LogP contribution in [0.3, 0.4) is 0 Å². The highest BCUT2D eigenvalue weighted by Crippen LogP contribution is 2.22. The third-order valence-corrected chi connectivity index (χ3v) is 3.83. The van der Waals surface area contributed by atoms with Gasteiger partial charge in [-0.05, 0) is 48.4 Å². The molecule has 0 saturated carbocycles. The van der Waals surface area contributed by atoms with E-state index in [1.165, 1.54) is 5.56 Å². The number of rotatable bonds is 4. The fourth-order valence-corrected chi connectivity index (χ4v) is 2.32. The summed E-state index contributed by atoms with van der Waals surface area (Å²) in [6.07, 6.45) is 0. The third kappa shape index (κ3) is 4.12. The first-order valence-electron chi connectivity index (χ1n) is 5.99. The van der Waals surface area contributed by atoms with Gasteiger partial charge in [0.25, 0.3) is 0 Å². The van der Waals surface area contributed by atoms with Gasteiger partial charge in [-0.15, -0.1) is 0 Å². The van der Waals surface area contributed by atoms with E-state index in [1.807, 2.05) is 36.4 Å². The molecule has 0 unspecified atom stereocenters. The lowest BCUT2D eigenvalue weighted by molar-refractivity contribution is 0.575. The fourth-order valence-electron chi connectivity index (χ4n) is 1.81. The van der Waals surface area contributed by atoms with E-state index < -0.39 is 0 Å². The van der Waals surface area contributed by atoms with Crippen LogP contribution in [0.1, 0.15) is 24.1 Å². The van der Waals surface area contributed by atoms with E-state index in [-0.39, 0.29) is 6.04 Å². The number of hydrogen-bond donors (Lipinski definition) is 1. The van der Waals surface area contributed by atoms with Crippen molar-refractivity contribution >= 4 is 34.8 Å². The summed E-state index contributed by atoms with van der Waals surface area (Å²) in [6, 6.07) is 13.5. The predicted molar refractivity (Wildman–Crippen MR) is 83.2 cm³/mol. The van der Waals surface area contributed by atoms with E-state index in [2.05, 4.69) is 12.2 Å². The van der Waals surface area contributed by atoms with Crippen LogP contribution in [0.25, 0.3) is 0 Å². The Morgan fingerprint density at radius 1 is 0.947 bits per heavy atom. The van der Waals surface area contributed by atoms with E-state index in [1.54, 1.807) is 6.07 Å². The van der Waals surface area contributed by atoms with Crippen LogP contribution >= 0.6 is 34.8 Å². The minimum atomic E-state index is 0.215. The fraction of sp³-hybridized carbons (Fsp3) is 0.200. The van der Waals surface area contributed by atoms with Crippen LogP contribution in [0.15, 0.2) is 42.5 Å². The molecule has 2 rings (SSSR count). The first-order valence-corrected chi connectivity index (χ1v) is 7.12. The minimum absolute atomic E-state index is 0.215. The molecule has 1 atom stereocenters. The summed E-state index contributed by atoms with van der Waals surface area (Å²) >= 11 is 18.0. The van der Waals surface area contributed by atoms with Crippen LogP contribution in [0, 0.1) is 0 Å². The van der Waals surface area contributed by atoms with Gasteiger partial charge in [0.05, 0.1) is 0 Å². The Morgan fingerprint density at radius 2 is 1.58 bits per heavy atom. The molecule has 4 heteroatoms. The van der Waals surface area contributed by atoms with Crippen molar-refractivity contribution in [2.24, 2.45) is 0 Å². The monoisotopic (exact) mass is 313 g/mol. The van der Waals surface area contributed by atoms with Crippen molar-refractivity contribution in [1.29, 1.82) is 0 Å². The van der Waals surface area contributed by atoms with Gasteiger partial charge in [-0.2, -0.15) is 0 Å². The zero-order valence-electron chi connectivity index (χ0n) is 10.5. The molecule has 1 N–H and O–H groups in total. The van der Waals surface area contributed by atoms with Gasteiger partial charge < -0.3 is 5.32 Å². The summed E-state index contributed by atoms with van der Waals surface area (Å²) in [5, 5.41) is 5.58. The summed E-state index contributed by atoms with van der Waals surface area (Å²) < 4.78 is 0. The lowest BCUT2D eigenvalue weighted by Gasteiger charge is -2.15. The maximum atomic E-state index is 6.13. The van der Waals surface area contributed by atoms with Crippen LogP contribution in [0.4, 0.5) is 0 Å². The minimum Gasteiger partial charge on any atom is -0.306 e. The highest BCUT2D eigenvalue weighted by Gasteiger charge is 2.07. The molecule has 0 aliphatic carbocycles. The molecule has 0 amide bonds. The standard InChI is InChI=1S/C15H14Cl3N/c1-10(11-2-4-13(16)5-3-11)19-9-12-8-14(17)6-7-15(12)18/h2-8,10,19H,9H2,1H3/t10-/m1/s1. The van der Waals surface area contributed by atoms with Crippen LogP contribution in [-0.4, -0.2) is 0 Å². The number of benzene rings is 2. The van der Waals surface area contributed by atoms with Crippen molar-refractivity contribution in [2.45, 2.75) is 19.5 Å². The Morgan fingerprint density at radius 3 is 2.26 bits per heavy atom. The summed E-state index contributed by atoms with van der Waals surface area (Å²) in [7, 11) is 0. The molecule has 0 heterocycles. The van der Waals surface area contributed by atoms with Gasteiger partial charge in [-0.25, -0.2) is 0 Å². The summed E-state index contributed by atoms with van der Waals surface area (Å²) in [5.74, 6) is 0. The topological polar surface area (TPSA) is 12.0 Å². The first kappa shape index (κ1) is 14.7. The summed E-state index contributed by atoms with van der Waals surface area (Å²) in [6.45, 7) is 2.77. The third-order valence-electron chi connectivity index (χ3n) is 2.98. The van der Waals surface area contributed by atoms with E-state index >= 15 is 0 Å². The molecule has 0 aliphatic heterocycles. The van der Waals surface area contributed by atoms with Gasteiger partial charge >= 0.3 is 0 Å². The average Bonchev–Trinajstić information content (AvgIpc) is 2.40. The normalized spacial score (nSPS) is 12.4. The number of hydrogen-bond acceptors (Lipinski definition) is 1. The van der Waals surface area contributed by atoms with Crippen molar-refractivity contribution in [2.75, 3.05) is 0 Å². The van der Waals surface area contributed by atoms with E-state index in [0.29, 0.717) is 11.6 Å². The van der Waals surface area contributed by atoms with Gasteiger partial charge in [0, 0.05) is 27.7 Å². The molecule has 100 valence electrons. The van der Waals surface area contributed by atoms with E-state index in [9.17, 15) is 0 Å². The van der Waals surface area contributed by atoms with Gasteiger partial charge in [-0.3, -0.25) is 0 Å². The zero-order valence-corrected chi connectivity index (χ0v) is 12.7. The van der Waals surface area contributed by atoms with E-state index in [0.717, 1.165) is 15.6 Å². The van der Waals surface area contributed by atoms with Crippen molar-refractivity contribution < 1.29 is 0 Å². The molecular weight excluding hydrogens is 301 g/mol. The molecule has 0 aliphatic rings. The highest BCUT2D eigenvalue weighted by molar-refractivity contribution is 6.33. The Labute approximate surface area is 128 Å². The van der Waals surface area contributed by atoms with Crippen molar-refractivity contribution in [1.82, 2.24) is 5.32 Å². The van der Waals surface area contributed by atoms with Crippen LogP contribution in [-0.2, 0) is 6.54 Å². The molecule has 0 bridgehead atoms.